The lowest BCUT2D eigenvalue weighted by Gasteiger charge is -2.22. The Morgan fingerprint density at radius 2 is 2.12 bits per heavy atom. The molecule has 1 amide bonds. The largest absolute Gasteiger partial charge is 0.333 e. The van der Waals surface area contributed by atoms with Gasteiger partial charge in [-0.1, -0.05) is 24.6 Å². The van der Waals surface area contributed by atoms with Gasteiger partial charge >= 0.3 is 0 Å². The maximum Gasteiger partial charge on any atom is 0.222 e. The summed E-state index contributed by atoms with van der Waals surface area (Å²) in [5.41, 5.74) is 3.79. The number of aromatic nitrogens is 4. The van der Waals surface area contributed by atoms with Crippen LogP contribution in [0.1, 0.15) is 29.3 Å². The highest BCUT2D eigenvalue weighted by molar-refractivity contribution is 7.09. The molecule has 0 aliphatic carbocycles. The zero-order valence-electron chi connectivity index (χ0n) is 14.7. The molecule has 0 unspecified atom stereocenters. The molecule has 1 aromatic carbocycles. The van der Waals surface area contributed by atoms with E-state index >= 15 is 0 Å². The van der Waals surface area contributed by atoms with Crippen molar-refractivity contribution in [1.82, 2.24) is 24.9 Å². The van der Waals surface area contributed by atoms with E-state index in [2.05, 4.69) is 40.6 Å². The molecule has 0 fully saturated rings. The van der Waals surface area contributed by atoms with E-state index in [0.29, 0.717) is 25.2 Å². The summed E-state index contributed by atoms with van der Waals surface area (Å²) < 4.78 is 1.75. The van der Waals surface area contributed by atoms with Gasteiger partial charge in [-0.25, -0.2) is 0 Å². The molecule has 0 aliphatic rings. The molecule has 4 rings (SSSR count). The quantitative estimate of drug-likeness (QED) is 0.542. The average molecular weight is 365 g/mol. The summed E-state index contributed by atoms with van der Waals surface area (Å²) in [5, 5.41) is 15.3. The van der Waals surface area contributed by atoms with Crippen LogP contribution in [0.5, 0.6) is 0 Å². The molecule has 0 aliphatic heterocycles. The van der Waals surface area contributed by atoms with Crippen LogP contribution in [0.4, 0.5) is 0 Å². The fraction of sp³-hybridized carbons (Fsp3) is 0.263. The SMILES string of the molecule is CCC(=O)N(Cc1cccs1)Cc1cc2cc(C)ccc2n2nnnc12. The van der Waals surface area contributed by atoms with Gasteiger partial charge in [-0.15, -0.1) is 16.4 Å². The number of amides is 1. The molecular weight excluding hydrogens is 346 g/mol. The molecule has 3 heterocycles. The first-order valence-electron chi connectivity index (χ1n) is 8.56. The number of hydrogen-bond acceptors (Lipinski definition) is 5. The maximum absolute atomic E-state index is 12.5. The summed E-state index contributed by atoms with van der Waals surface area (Å²) in [6, 6.07) is 12.3. The lowest BCUT2D eigenvalue weighted by atomic mass is 10.1. The van der Waals surface area contributed by atoms with Crippen LogP contribution in [0.25, 0.3) is 16.6 Å². The molecule has 0 saturated carbocycles. The van der Waals surface area contributed by atoms with Crippen molar-refractivity contribution in [3.8, 4) is 0 Å². The Balaban J connectivity index is 1.78. The molecule has 26 heavy (non-hydrogen) atoms. The van der Waals surface area contributed by atoms with Gasteiger partial charge in [-0.2, -0.15) is 4.52 Å². The number of pyridine rings is 1. The summed E-state index contributed by atoms with van der Waals surface area (Å²) in [6.45, 7) is 5.04. The number of thiophene rings is 1. The molecule has 0 saturated heterocycles. The number of fused-ring (bicyclic) bond motifs is 3. The fourth-order valence-corrected chi connectivity index (χ4v) is 3.87. The number of aryl methyl sites for hydroxylation is 1. The second kappa shape index (κ2) is 6.84. The third-order valence-electron chi connectivity index (χ3n) is 4.44. The van der Waals surface area contributed by atoms with E-state index in [4.69, 9.17) is 0 Å². The van der Waals surface area contributed by atoms with Gasteiger partial charge in [0.05, 0.1) is 12.1 Å². The van der Waals surface area contributed by atoms with Gasteiger partial charge in [-0.3, -0.25) is 4.79 Å². The van der Waals surface area contributed by atoms with Crippen molar-refractivity contribution >= 4 is 33.8 Å². The number of rotatable bonds is 5. The van der Waals surface area contributed by atoms with E-state index in [9.17, 15) is 4.79 Å². The van der Waals surface area contributed by atoms with Gasteiger partial charge in [0.1, 0.15) is 0 Å². The maximum atomic E-state index is 12.5. The Kier molecular flexibility index (Phi) is 4.38. The minimum absolute atomic E-state index is 0.119. The van der Waals surface area contributed by atoms with Crippen LogP contribution < -0.4 is 0 Å². The molecule has 3 aromatic heterocycles. The molecule has 0 bridgehead atoms. The minimum atomic E-state index is 0.119. The van der Waals surface area contributed by atoms with Crippen molar-refractivity contribution in [2.24, 2.45) is 0 Å². The van der Waals surface area contributed by atoms with Crippen LogP contribution in [-0.2, 0) is 17.9 Å². The van der Waals surface area contributed by atoms with Gasteiger partial charge < -0.3 is 4.90 Å². The van der Waals surface area contributed by atoms with Crippen LogP contribution in [0, 0.1) is 6.92 Å². The number of nitrogens with zero attached hydrogens (tertiary/aromatic N) is 5. The highest BCUT2D eigenvalue weighted by atomic mass is 32.1. The van der Waals surface area contributed by atoms with Crippen molar-refractivity contribution in [2.45, 2.75) is 33.4 Å². The van der Waals surface area contributed by atoms with Crippen molar-refractivity contribution in [1.29, 1.82) is 0 Å². The number of carbonyl (C=O) groups excluding carboxylic acids is 1. The van der Waals surface area contributed by atoms with Gasteiger partial charge in [-0.05, 0) is 47.0 Å². The van der Waals surface area contributed by atoms with Crippen molar-refractivity contribution < 1.29 is 4.79 Å². The first-order chi connectivity index (χ1) is 12.7. The molecule has 6 nitrogen and oxygen atoms in total. The molecule has 7 heteroatoms. The summed E-state index contributed by atoms with van der Waals surface area (Å²) in [4.78, 5) is 15.5. The standard InChI is InChI=1S/C19H19N5OS/c1-3-18(25)23(12-16-5-4-8-26-16)11-15-10-14-9-13(2)6-7-17(14)24-19(15)20-21-22-24/h4-10H,3,11-12H2,1-2H3. The van der Waals surface area contributed by atoms with E-state index in [1.807, 2.05) is 35.4 Å². The number of tetrazole rings is 1. The van der Waals surface area contributed by atoms with E-state index < -0.39 is 0 Å². The van der Waals surface area contributed by atoms with Gasteiger partial charge in [0, 0.05) is 28.8 Å². The summed E-state index contributed by atoms with van der Waals surface area (Å²) in [7, 11) is 0. The molecule has 4 aromatic rings. The lowest BCUT2D eigenvalue weighted by molar-refractivity contribution is -0.132. The number of carbonyl (C=O) groups is 1. The molecule has 0 N–H and O–H groups in total. The topological polar surface area (TPSA) is 63.4 Å². The molecule has 0 radical (unpaired) electrons. The summed E-state index contributed by atoms with van der Waals surface area (Å²) >= 11 is 1.66. The predicted octanol–water partition coefficient (Wildman–Crippen LogP) is 3.59. The zero-order chi connectivity index (χ0) is 18.1. The van der Waals surface area contributed by atoms with E-state index in [1.54, 1.807) is 15.9 Å². The Morgan fingerprint density at radius 3 is 2.88 bits per heavy atom. The normalized spacial score (nSPS) is 11.3. The van der Waals surface area contributed by atoms with Crippen LogP contribution in [-0.4, -0.2) is 30.8 Å². The van der Waals surface area contributed by atoms with Crippen LogP contribution >= 0.6 is 11.3 Å². The Bertz CT molecular complexity index is 1070. The van der Waals surface area contributed by atoms with Gasteiger partial charge in [0.2, 0.25) is 5.91 Å². The molecular formula is C19H19N5OS. The second-order valence-corrected chi connectivity index (χ2v) is 7.36. The second-order valence-electron chi connectivity index (χ2n) is 6.33. The first-order valence-corrected chi connectivity index (χ1v) is 9.44. The third kappa shape index (κ3) is 3.06. The van der Waals surface area contributed by atoms with E-state index in [0.717, 1.165) is 16.5 Å². The van der Waals surface area contributed by atoms with Gasteiger partial charge in [0.15, 0.2) is 5.65 Å². The van der Waals surface area contributed by atoms with Crippen LogP contribution in [0.2, 0.25) is 0 Å². The Hall–Kier alpha value is -2.80. The Morgan fingerprint density at radius 1 is 1.23 bits per heavy atom. The number of benzene rings is 1. The number of hydrogen-bond donors (Lipinski definition) is 0. The average Bonchev–Trinajstić information content (AvgIpc) is 3.32. The van der Waals surface area contributed by atoms with Gasteiger partial charge in [0.25, 0.3) is 0 Å². The van der Waals surface area contributed by atoms with E-state index in [-0.39, 0.29) is 5.91 Å². The lowest BCUT2D eigenvalue weighted by Crippen LogP contribution is -2.29. The Labute approximate surface area is 155 Å². The predicted molar refractivity (Wildman–Crippen MR) is 102 cm³/mol. The fourth-order valence-electron chi connectivity index (χ4n) is 3.15. The summed E-state index contributed by atoms with van der Waals surface area (Å²) in [5.74, 6) is 0.119. The van der Waals surface area contributed by atoms with Crippen LogP contribution in [0.3, 0.4) is 0 Å². The smallest absolute Gasteiger partial charge is 0.222 e. The monoisotopic (exact) mass is 365 g/mol. The minimum Gasteiger partial charge on any atom is -0.333 e. The van der Waals surface area contributed by atoms with Crippen molar-refractivity contribution in [2.75, 3.05) is 0 Å². The molecule has 0 atom stereocenters. The van der Waals surface area contributed by atoms with Crippen molar-refractivity contribution in [3.05, 3.63) is 57.8 Å². The highest BCUT2D eigenvalue weighted by Gasteiger charge is 2.17. The van der Waals surface area contributed by atoms with Crippen molar-refractivity contribution in [3.63, 3.8) is 0 Å². The zero-order valence-corrected chi connectivity index (χ0v) is 15.5. The molecule has 132 valence electrons. The van der Waals surface area contributed by atoms with Crippen LogP contribution in [0.15, 0.2) is 41.8 Å². The molecule has 0 spiro atoms. The third-order valence-corrected chi connectivity index (χ3v) is 5.30. The first kappa shape index (κ1) is 16.7. The summed E-state index contributed by atoms with van der Waals surface area (Å²) in [6.07, 6.45) is 0.472. The van der Waals surface area contributed by atoms with E-state index in [1.165, 1.54) is 10.4 Å². The highest BCUT2D eigenvalue weighted by Crippen LogP contribution is 2.23.